The summed E-state index contributed by atoms with van der Waals surface area (Å²) < 4.78 is 0. The van der Waals surface area contributed by atoms with Crippen molar-refractivity contribution in [3.05, 3.63) is 112 Å². The van der Waals surface area contributed by atoms with Gasteiger partial charge in [0.25, 0.3) is 5.78 Å². The number of para-hydroxylation sites is 1. The Kier molecular flexibility index (Phi) is 5.17. The van der Waals surface area contributed by atoms with Gasteiger partial charge in [0.15, 0.2) is 5.78 Å². The second-order valence-corrected chi connectivity index (χ2v) is 7.42. The van der Waals surface area contributed by atoms with Gasteiger partial charge in [0.1, 0.15) is 11.3 Å². The van der Waals surface area contributed by atoms with Crippen molar-refractivity contribution in [3.8, 4) is 0 Å². The van der Waals surface area contributed by atoms with E-state index < -0.39 is 28.8 Å². The molecule has 0 aromatic heterocycles. The van der Waals surface area contributed by atoms with Crippen molar-refractivity contribution in [1.82, 2.24) is 0 Å². The summed E-state index contributed by atoms with van der Waals surface area (Å²) in [7, 11) is 0. The zero-order valence-corrected chi connectivity index (χ0v) is 17.1. The number of anilines is 1. The average Bonchev–Trinajstić information content (AvgIpc) is 3.05. The molecule has 1 aliphatic heterocycles. The molecule has 0 saturated carbocycles. The molecule has 0 radical (unpaired) electrons. The van der Waals surface area contributed by atoms with Crippen LogP contribution >= 0.6 is 0 Å². The number of ketones is 3. The van der Waals surface area contributed by atoms with E-state index in [-0.39, 0.29) is 11.3 Å². The van der Waals surface area contributed by atoms with Crippen LogP contribution in [0.25, 0.3) is 0 Å². The lowest BCUT2D eigenvalue weighted by atomic mass is 9.96. The monoisotopic (exact) mass is 409 g/mol. The van der Waals surface area contributed by atoms with E-state index >= 15 is 0 Å². The van der Waals surface area contributed by atoms with Gasteiger partial charge in [-0.05, 0) is 26.0 Å². The summed E-state index contributed by atoms with van der Waals surface area (Å²) in [4.78, 5) is 53.7. The topological polar surface area (TPSA) is 71.5 Å². The molecule has 0 fully saturated rings. The molecule has 5 nitrogen and oxygen atoms in total. The van der Waals surface area contributed by atoms with Crippen molar-refractivity contribution in [1.29, 1.82) is 0 Å². The van der Waals surface area contributed by atoms with Gasteiger partial charge in [0.2, 0.25) is 5.78 Å². The van der Waals surface area contributed by atoms with Gasteiger partial charge in [-0.15, -0.1) is 0 Å². The van der Waals surface area contributed by atoms with E-state index in [0.29, 0.717) is 11.3 Å². The Morgan fingerprint density at radius 2 is 1.13 bits per heavy atom. The third kappa shape index (κ3) is 3.62. The molecule has 1 heterocycles. The van der Waals surface area contributed by atoms with Crippen LogP contribution in [0, 0.1) is 13.8 Å². The summed E-state index contributed by atoms with van der Waals surface area (Å²) >= 11 is 0. The van der Waals surface area contributed by atoms with E-state index in [4.69, 9.17) is 0 Å². The van der Waals surface area contributed by atoms with Gasteiger partial charge in [-0.3, -0.25) is 24.1 Å². The summed E-state index contributed by atoms with van der Waals surface area (Å²) in [6.45, 7) is 3.76. The standard InChI is InChI=1S/C26H19NO4/c1-16-8-12-18(13-9-16)23(28)21-22(24(29)19-14-10-17(2)11-15-19)27(26(31)25(21)30)20-6-4-3-5-7-20/h3-15H,1-2H3. The summed E-state index contributed by atoms with van der Waals surface area (Å²) in [6, 6.07) is 21.8. The lowest BCUT2D eigenvalue weighted by Crippen LogP contribution is -2.31. The maximum Gasteiger partial charge on any atom is 0.304 e. The van der Waals surface area contributed by atoms with Gasteiger partial charge in [0.05, 0.1) is 0 Å². The van der Waals surface area contributed by atoms with E-state index in [1.165, 1.54) is 0 Å². The SMILES string of the molecule is Cc1ccc(C(=O)C2=C(C(=O)c3ccc(C)cc3)N(c3ccccc3)C(=O)C2=O)cc1. The molecule has 4 rings (SSSR count). The highest BCUT2D eigenvalue weighted by Gasteiger charge is 2.45. The fourth-order valence-electron chi connectivity index (χ4n) is 3.47. The largest absolute Gasteiger partial charge is 0.304 e. The Hall–Kier alpha value is -4.12. The Balaban J connectivity index is 1.93. The molecule has 1 amide bonds. The number of aryl methyl sites for hydroxylation is 2. The third-order valence-corrected chi connectivity index (χ3v) is 5.17. The van der Waals surface area contributed by atoms with Crippen molar-refractivity contribution >= 4 is 28.9 Å². The van der Waals surface area contributed by atoms with Crippen molar-refractivity contribution in [2.75, 3.05) is 4.90 Å². The summed E-state index contributed by atoms with van der Waals surface area (Å²) in [5.74, 6) is -3.10. The van der Waals surface area contributed by atoms with Gasteiger partial charge in [-0.2, -0.15) is 0 Å². The predicted octanol–water partition coefficient (Wildman–Crippen LogP) is 4.24. The highest BCUT2D eigenvalue weighted by molar-refractivity contribution is 6.59. The first-order valence-corrected chi connectivity index (χ1v) is 9.79. The predicted molar refractivity (Wildman–Crippen MR) is 117 cm³/mol. The minimum Gasteiger partial charge on any atom is -0.288 e. The molecule has 0 atom stereocenters. The van der Waals surface area contributed by atoms with Crippen molar-refractivity contribution in [2.24, 2.45) is 0 Å². The van der Waals surface area contributed by atoms with Crippen LogP contribution in [0.4, 0.5) is 5.69 Å². The lowest BCUT2D eigenvalue weighted by molar-refractivity contribution is -0.132. The zero-order valence-electron chi connectivity index (χ0n) is 17.1. The minimum absolute atomic E-state index is 0.212. The molecule has 0 saturated heterocycles. The smallest absolute Gasteiger partial charge is 0.288 e. The molecule has 31 heavy (non-hydrogen) atoms. The van der Waals surface area contributed by atoms with Crippen LogP contribution in [0.15, 0.2) is 90.1 Å². The minimum atomic E-state index is -0.982. The molecule has 0 N–H and O–H groups in total. The number of amides is 1. The number of allylic oxidation sites excluding steroid dienone is 1. The first-order chi connectivity index (χ1) is 14.9. The van der Waals surface area contributed by atoms with E-state index in [9.17, 15) is 19.2 Å². The number of nitrogens with zero attached hydrogens (tertiary/aromatic N) is 1. The summed E-state index contributed by atoms with van der Waals surface area (Å²) in [6.07, 6.45) is 0. The third-order valence-electron chi connectivity index (χ3n) is 5.17. The second kappa shape index (κ2) is 7.95. The van der Waals surface area contributed by atoms with Crippen molar-refractivity contribution in [3.63, 3.8) is 0 Å². The molecule has 5 heteroatoms. The molecule has 3 aromatic rings. The molecular formula is C26H19NO4. The fraction of sp³-hybridized carbons (Fsp3) is 0.0769. The van der Waals surface area contributed by atoms with E-state index in [0.717, 1.165) is 16.0 Å². The maximum absolute atomic E-state index is 13.5. The molecule has 3 aromatic carbocycles. The Bertz CT molecular complexity index is 1240. The quantitative estimate of drug-likeness (QED) is 0.359. The first kappa shape index (κ1) is 20.2. The number of carbonyl (C=O) groups excluding carboxylic acids is 4. The van der Waals surface area contributed by atoms with Gasteiger partial charge in [-0.1, -0.05) is 77.9 Å². The van der Waals surface area contributed by atoms with Crippen LogP contribution in [-0.4, -0.2) is 23.3 Å². The molecule has 0 bridgehead atoms. The van der Waals surface area contributed by atoms with Gasteiger partial charge in [-0.25, -0.2) is 0 Å². The van der Waals surface area contributed by atoms with Crippen LogP contribution in [0.3, 0.4) is 0 Å². The Morgan fingerprint density at radius 3 is 1.65 bits per heavy atom. The summed E-state index contributed by atoms with van der Waals surface area (Å²) in [5.41, 5.74) is 2.17. The summed E-state index contributed by atoms with van der Waals surface area (Å²) in [5, 5.41) is 0. The number of benzene rings is 3. The van der Waals surface area contributed by atoms with Crippen molar-refractivity contribution in [2.45, 2.75) is 13.8 Å². The Morgan fingerprint density at radius 1 is 0.645 bits per heavy atom. The Labute approximate surface area is 179 Å². The van der Waals surface area contributed by atoms with Crippen molar-refractivity contribution < 1.29 is 19.2 Å². The first-order valence-electron chi connectivity index (χ1n) is 9.79. The van der Waals surface area contributed by atoms with Gasteiger partial charge in [0, 0.05) is 16.8 Å². The van der Waals surface area contributed by atoms with E-state index in [1.54, 1.807) is 78.9 Å². The molecule has 152 valence electrons. The van der Waals surface area contributed by atoms with Crippen LogP contribution in [-0.2, 0) is 9.59 Å². The number of carbonyl (C=O) groups is 4. The normalized spacial score (nSPS) is 13.7. The van der Waals surface area contributed by atoms with Crippen LogP contribution < -0.4 is 4.90 Å². The molecule has 1 aliphatic rings. The molecule has 0 spiro atoms. The van der Waals surface area contributed by atoms with Crippen LogP contribution in [0.1, 0.15) is 31.8 Å². The average molecular weight is 409 g/mol. The number of hydrogen-bond donors (Lipinski definition) is 0. The number of hydrogen-bond acceptors (Lipinski definition) is 4. The van der Waals surface area contributed by atoms with E-state index in [2.05, 4.69) is 0 Å². The lowest BCUT2D eigenvalue weighted by Gasteiger charge is -2.19. The fourth-order valence-corrected chi connectivity index (χ4v) is 3.47. The van der Waals surface area contributed by atoms with Crippen LogP contribution in [0.5, 0.6) is 0 Å². The van der Waals surface area contributed by atoms with E-state index in [1.807, 2.05) is 13.8 Å². The van der Waals surface area contributed by atoms with Gasteiger partial charge >= 0.3 is 5.91 Å². The highest BCUT2D eigenvalue weighted by Crippen LogP contribution is 2.32. The molecular weight excluding hydrogens is 390 g/mol. The number of Topliss-reactive ketones (excluding diaryl/α,β-unsaturated/α-hetero) is 3. The maximum atomic E-state index is 13.5. The number of rotatable bonds is 5. The van der Waals surface area contributed by atoms with Gasteiger partial charge < -0.3 is 0 Å². The highest BCUT2D eigenvalue weighted by atomic mass is 16.2. The zero-order chi connectivity index (χ0) is 22.1. The molecule has 0 unspecified atom stereocenters. The van der Waals surface area contributed by atoms with Crippen LogP contribution in [0.2, 0.25) is 0 Å². The molecule has 0 aliphatic carbocycles. The second-order valence-electron chi connectivity index (χ2n) is 7.42.